The Morgan fingerprint density at radius 1 is 1.39 bits per heavy atom. The number of amides is 1. The van der Waals surface area contributed by atoms with Gasteiger partial charge >= 0.3 is 0 Å². The van der Waals surface area contributed by atoms with E-state index in [1.807, 2.05) is 31.2 Å². The monoisotopic (exact) mass is 249 g/mol. The zero-order chi connectivity index (χ0) is 13.8. The maximum Gasteiger partial charge on any atom is 0.223 e. The highest BCUT2D eigenvalue weighted by atomic mass is 16.5. The Kier molecular flexibility index (Phi) is 4.76. The molecule has 1 aromatic carbocycles. The fourth-order valence-corrected chi connectivity index (χ4v) is 1.52. The highest BCUT2D eigenvalue weighted by molar-refractivity contribution is 5.78. The Bertz CT molecular complexity index is 407. The molecule has 1 N–H and O–H groups in total. The van der Waals surface area contributed by atoms with Gasteiger partial charge in [-0.3, -0.25) is 4.79 Å². The van der Waals surface area contributed by atoms with Gasteiger partial charge in [0.25, 0.3) is 0 Å². The molecule has 18 heavy (non-hydrogen) atoms. The molecule has 1 aromatic rings. The van der Waals surface area contributed by atoms with E-state index in [-0.39, 0.29) is 17.2 Å². The van der Waals surface area contributed by atoms with Gasteiger partial charge in [-0.05, 0) is 23.1 Å². The molecule has 3 heteroatoms. The molecule has 0 radical (unpaired) electrons. The molecule has 0 aliphatic carbocycles. The zero-order valence-corrected chi connectivity index (χ0v) is 11.9. The Morgan fingerprint density at radius 3 is 2.61 bits per heavy atom. The summed E-state index contributed by atoms with van der Waals surface area (Å²) in [5, 5.41) is 2.96. The van der Waals surface area contributed by atoms with Crippen molar-refractivity contribution in [3.63, 3.8) is 0 Å². The molecule has 0 fully saturated rings. The molecule has 0 spiro atoms. The van der Waals surface area contributed by atoms with Crippen LogP contribution in [0.25, 0.3) is 0 Å². The quantitative estimate of drug-likeness (QED) is 0.891. The van der Waals surface area contributed by atoms with Gasteiger partial charge in [0.05, 0.1) is 7.11 Å². The molecule has 1 unspecified atom stereocenters. The van der Waals surface area contributed by atoms with Crippen molar-refractivity contribution in [3.05, 3.63) is 29.8 Å². The fraction of sp³-hybridized carbons (Fsp3) is 0.533. The number of hydrogen-bond acceptors (Lipinski definition) is 2. The van der Waals surface area contributed by atoms with Gasteiger partial charge in [0.2, 0.25) is 5.91 Å². The summed E-state index contributed by atoms with van der Waals surface area (Å²) in [6.45, 7) is 8.71. The second-order valence-electron chi connectivity index (χ2n) is 5.66. The molecule has 0 aliphatic heterocycles. The topological polar surface area (TPSA) is 38.3 Å². The van der Waals surface area contributed by atoms with E-state index in [1.165, 1.54) is 0 Å². The van der Waals surface area contributed by atoms with Crippen LogP contribution >= 0.6 is 0 Å². The number of benzene rings is 1. The summed E-state index contributed by atoms with van der Waals surface area (Å²) in [5.41, 5.74) is 1.03. The van der Waals surface area contributed by atoms with Crippen LogP contribution in [0, 0.1) is 11.3 Å². The fourth-order valence-electron chi connectivity index (χ4n) is 1.52. The summed E-state index contributed by atoms with van der Waals surface area (Å²) in [6, 6.07) is 7.73. The first-order valence-electron chi connectivity index (χ1n) is 6.25. The van der Waals surface area contributed by atoms with E-state index in [2.05, 4.69) is 26.1 Å². The Labute approximate surface area is 110 Å². The minimum atomic E-state index is -0.0154. The number of ether oxygens (including phenoxy) is 1. The van der Waals surface area contributed by atoms with Crippen molar-refractivity contribution in [2.75, 3.05) is 7.11 Å². The van der Waals surface area contributed by atoms with Crippen molar-refractivity contribution in [1.82, 2.24) is 5.32 Å². The molecule has 3 nitrogen and oxygen atoms in total. The number of rotatable bonds is 4. The Morgan fingerprint density at radius 2 is 2.06 bits per heavy atom. The minimum absolute atomic E-state index is 0.0110. The van der Waals surface area contributed by atoms with Crippen LogP contribution in [0.3, 0.4) is 0 Å². The first-order chi connectivity index (χ1) is 8.34. The number of carbonyl (C=O) groups is 1. The van der Waals surface area contributed by atoms with Gasteiger partial charge in [-0.1, -0.05) is 39.8 Å². The first kappa shape index (κ1) is 14.6. The maximum absolute atomic E-state index is 12.0. The molecule has 0 heterocycles. The van der Waals surface area contributed by atoms with Gasteiger partial charge in [-0.2, -0.15) is 0 Å². The molecule has 1 rings (SSSR count). The molecule has 0 aliphatic rings. The molecule has 0 saturated heterocycles. The zero-order valence-electron chi connectivity index (χ0n) is 11.9. The van der Waals surface area contributed by atoms with Crippen LogP contribution in [0.15, 0.2) is 24.3 Å². The first-order valence-corrected chi connectivity index (χ1v) is 6.25. The molecule has 100 valence electrons. The average molecular weight is 249 g/mol. The Balaban J connectivity index is 2.57. The lowest BCUT2D eigenvalue weighted by Gasteiger charge is -2.26. The second kappa shape index (κ2) is 5.89. The van der Waals surface area contributed by atoms with Gasteiger partial charge in [0, 0.05) is 12.5 Å². The van der Waals surface area contributed by atoms with Gasteiger partial charge in [-0.25, -0.2) is 0 Å². The van der Waals surface area contributed by atoms with Gasteiger partial charge in [0.1, 0.15) is 5.75 Å². The third-order valence-corrected chi connectivity index (χ3v) is 3.29. The number of carbonyl (C=O) groups excluding carboxylic acids is 1. The summed E-state index contributed by atoms with van der Waals surface area (Å²) in [4.78, 5) is 12.0. The third-order valence-electron chi connectivity index (χ3n) is 3.29. The average Bonchev–Trinajstić information content (AvgIpc) is 2.34. The van der Waals surface area contributed by atoms with Crippen LogP contribution in [0.4, 0.5) is 0 Å². The van der Waals surface area contributed by atoms with E-state index in [1.54, 1.807) is 7.11 Å². The number of nitrogens with one attached hydrogen (secondary N) is 1. The lowest BCUT2D eigenvalue weighted by atomic mass is 9.81. The van der Waals surface area contributed by atoms with Crippen molar-refractivity contribution >= 4 is 5.91 Å². The predicted molar refractivity (Wildman–Crippen MR) is 73.5 cm³/mol. The SMILES string of the molecule is COc1cccc(CNC(=O)C(C)C(C)(C)C)c1. The van der Waals surface area contributed by atoms with E-state index < -0.39 is 0 Å². The van der Waals surface area contributed by atoms with Crippen LogP contribution < -0.4 is 10.1 Å². The standard InChI is InChI=1S/C15H23NO2/c1-11(15(2,3)4)14(17)16-10-12-7-6-8-13(9-12)18-5/h6-9,11H,10H2,1-5H3,(H,16,17). The normalized spacial score (nSPS) is 12.9. The van der Waals surface area contributed by atoms with Crippen molar-refractivity contribution in [3.8, 4) is 5.75 Å². The van der Waals surface area contributed by atoms with Gasteiger partial charge in [-0.15, -0.1) is 0 Å². The van der Waals surface area contributed by atoms with Crippen molar-refractivity contribution < 1.29 is 9.53 Å². The van der Waals surface area contributed by atoms with Gasteiger partial charge in [0.15, 0.2) is 0 Å². The second-order valence-corrected chi connectivity index (χ2v) is 5.66. The highest BCUT2D eigenvalue weighted by Gasteiger charge is 2.26. The number of hydrogen-bond donors (Lipinski definition) is 1. The molecular weight excluding hydrogens is 226 g/mol. The molecule has 0 aromatic heterocycles. The lowest BCUT2D eigenvalue weighted by molar-refractivity contribution is -0.127. The minimum Gasteiger partial charge on any atom is -0.497 e. The summed E-state index contributed by atoms with van der Waals surface area (Å²) in [5.74, 6) is 0.888. The number of methoxy groups -OCH3 is 1. The van der Waals surface area contributed by atoms with Crippen LogP contribution in [0.2, 0.25) is 0 Å². The van der Waals surface area contributed by atoms with E-state index in [4.69, 9.17) is 4.74 Å². The largest absolute Gasteiger partial charge is 0.497 e. The summed E-state index contributed by atoms with van der Waals surface area (Å²) in [7, 11) is 1.64. The van der Waals surface area contributed by atoms with Crippen LogP contribution in [-0.4, -0.2) is 13.0 Å². The van der Waals surface area contributed by atoms with E-state index >= 15 is 0 Å². The summed E-state index contributed by atoms with van der Waals surface area (Å²) >= 11 is 0. The predicted octanol–water partition coefficient (Wildman–Crippen LogP) is 2.99. The van der Waals surface area contributed by atoms with E-state index in [0.717, 1.165) is 11.3 Å². The Hall–Kier alpha value is -1.51. The molecule has 1 amide bonds. The van der Waals surface area contributed by atoms with Crippen molar-refractivity contribution in [2.24, 2.45) is 11.3 Å². The third kappa shape index (κ3) is 4.06. The van der Waals surface area contributed by atoms with Crippen LogP contribution in [0.1, 0.15) is 33.3 Å². The molecule has 0 saturated carbocycles. The maximum atomic E-state index is 12.0. The van der Waals surface area contributed by atoms with Crippen molar-refractivity contribution in [2.45, 2.75) is 34.2 Å². The van der Waals surface area contributed by atoms with Crippen molar-refractivity contribution in [1.29, 1.82) is 0 Å². The summed E-state index contributed by atoms with van der Waals surface area (Å²) < 4.78 is 5.15. The highest BCUT2D eigenvalue weighted by Crippen LogP contribution is 2.25. The summed E-state index contributed by atoms with van der Waals surface area (Å²) in [6.07, 6.45) is 0. The van der Waals surface area contributed by atoms with Crippen LogP contribution in [-0.2, 0) is 11.3 Å². The molecule has 1 atom stereocenters. The van der Waals surface area contributed by atoms with Crippen LogP contribution in [0.5, 0.6) is 5.75 Å². The molecular formula is C15H23NO2. The smallest absolute Gasteiger partial charge is 0.223 e. The van der Waals surface area contributed by atoms with E-state index in [9.17, 15) is 4.79 Å². The van der Waals surface area contributed by atoms with E-state index in [0.29, 0.717) is 6.54 Å². The van der Waals surface area contributed by atoms with Gasteiger partial charge < -0.3 is 10.1 Å². The molecule has 0 bridgehead atoms. The lowest BCUT2D eigenvalue weighted by Crippen LogP contribution is -2.35.